The molecule has 3 aromatic rings. The molecule has 0 amide bonds. The van der Waals surface area contributed by atoms with Crippen LogP contribution in [-0.2, 0) is 14.8 Å². The second-order valence-corrected chi connectivity index (χ2v) is 10.2. The number of aromatic amines is 1. The van der Waals surface area contributed by atoms with Gasteiger partial charge in [-0.05, 0) is 30.8 Å². The van der Waals surface area contributed by atoms with Gasteiger partial charge in [0.05, 0.1) is 40.6 Å². The number of rotatable bonds is 11. The number of ether oxygens (including phenoxy) is 1. The highest BCUT2D eigenvalue weighted by molar-refractivity contribution is 7.89. The summed E-state index contributed by atoms with van der Waals surface area (Å²) in [5, 5.41) is 19.0. The third kappa shape index (κ3) is 4.98. The zero-order valence-corrected chi connectivity index (χ0v) is 21.1. The maximum atomic E-state index is 13.2. The number of benzene rings is 2. The van der Waals surface area contributed by atoms with Crippen molar-refractivity contribution in [1.29, 1.82) is 5.41 Å². The molecule has 2 aromatic carbocycles. The first-order valence-electron chi connectivity index (χ1n) is 11.9. The highest BCUT2D eigenvalue weighted by atomic mass is 32.2. The van der Waals surface area contributed by atoms with Crippen LogP contribution in [0.4, 0.5) is 0 Å². The van der Waals surface area contributed by atoms with Crippen LogP contribution in [0.25, 0.3) is 11.3 Å². The number of hydrogen-bond acceptors (Lipinski definition) is 7. The van der Waals surface area contributed by atoms with Crippen molar-refractivity contribution in [3.63, 3.8) is 0 Å². The number of sulfonamides is 1. The summed E-state index contributed by atoms with van der Waals surface area (Å²) >= 11 is 0. The number of hydrogen-bond donors (Lipinski definition) is 4. The molecule has 0 fully saturated rings. The fourth-order valence-corrected chi connectivity index (χ4v) is 5.32. The van der Waals surface area contributed by atoms with Crippen LogP contribution in [0.2, 0.25) is 0 Å². The molecule has 4 rings (SSSR count). The Balaban J connectivity index is 1.46. The monoisotopic (exact) mass is 510 g/mol. The van der Waals surface area contributed by atoms with Crippen LogP contribution in [-0.4, -0.2) is 74.3 Å². The lowest BCUT2D eigenvalue weighted by Crippen LogP contribution is -2.30. The lowest BCUT2D eigenvalue weighted by atomic mass is 9.84. The van der Waals surface area contributed by atoms with E-state index in [2.05, 4.69) is 28.5 Å². The molecule has 0 saturated carbocycles. The van der Waals surface area contributed by atoms with Crippen LogP contribution in [0.1, 0.15) is 40.9 Å². The third-order valence-electron chi connectivity index (χ3n) is 6.34. The first-order valence-corrected chi connectivity index (χ1v) is 13.3. The Morgan fingerprint density at radius 1 is 1.00 bits per heavy atom. The van der Waals surface area contributed by atoms with Crippen molar-refractivity contribution in [1.82, 2.24) is 14.6 Å². The molecule has 0 aliphatic heterocycles. The lowest BCUT2D eigenvalue weighted by Gasteiger charge is -2.17. The number of nitrogens with zero attached hydrogens (tertiary/aromatic N) is 1. The fourth-order valence-electron chi connectivity index (χ4n) is 4.31. The zero-order chi connectivity index (χ0) is 25.9. The quantitative estimate of drug-likeness (QED) is 0.229. The van der Waals surface area contributed by atoms with E-state index in [0.29, 0.717) is 29.0 Å². The summed E-state index contributed by atoms with van der Waals surface area (Å²) in [4.78, 5) is 18.3. The molecule has 0 saturated heterocycles. The molecule has 10 heteroatoms. The average Bonchev–Trinajstić information content (AvgIpc) is 3.24. The minimum atomic E-state index is -3.74. The molecule has 4 N–H and O–H groups in total. The SMILES string of the molecule is CCN(CC)CCOCCNS(=O)(=O)c1ccc(-c2[nH]c(O)c3c2C(=O)c2ccccc2C3=N)cc1. The van der Waals surface area contributed by atoms with E-state index < -0.39 is 10.0 Å². The van der Waals surface area contributed by atoms with Crippen LogP contribution in [0.3, 0.4) is 0 Å². The van der Waals surface area contributed by atoms with Gasteiger partial charge in [0, 0.05) is 24.2 Å². The summed E-state index contributed by atoms with van der Waals surface area (Å²) in [5.74, 6) is -0.574. The summed E-state index contributed by atoms with van der Waals surface area (Å²) in [5.41, 5.74) is 2.11. The summed E-state index contributed by atoms with van der Waals surface area (Å²) in [6, 6.07) is 12.8. The smallest absolute Gasteiger partial charge is 0.240 e. The van der Waals surface area contributed by atoms with Crippen LogP contribution in [0.5, 0.6) is 5.88 Å². The Morgan fingerprint density at radius 3 is 2.33 bits per heavy atom. The van der Waals surface area contributed by atoms with Gasteiger partial charge < -0.3 is 19.7 Å². The lowest BCUT2D eigenvalue weighted by molar-refractivity contribution is 0.103. The highest BCUT2D eigenvalue weighted by Crippen LogP contribution is 2.39. The van der Waals surface area contributed by atoms with Crippen molar-refractivity contribution < 1.29 is 23.1 Å². The predicted octanol–water partition coefficient (Wildman–Crippen LogP) is 2.98. The largest absolute Gasteiger partial charge is 0.494 e. The standard InChI is InChI=1S/C26H30N4O5S/c1-3-30(4-2)14-16-35-15-13-28-36(33,34)18-11-9-17(10-12-18)24-22-21(26(32)29-24)23(27)19-7-5-6-8-20(19)25(22)31/h5-12,27-29,32H,3-4,13-16H2,1-2H3. The maximum absolute atomic E-state index is 13.2. The van der Waals surface area contributed by atoms with Crippen molar-refractivity contribution >= 4 is 21.5 Å². The Morgan fingerprint density at radius 2 is 1.67 bits per heavy atom. The average molecular weight is 511 g/mol. The van der Waals surface area contributed by atoms with E-state index in [-0.39, 0.29) is 46.5 Å². The van der Waals surface area contributed by atoms with E-state index in [1.165, 1.54) is 12.1 Å². The maximum Gasteiger partial charge on any atom is 0.240 e. The highest BCUT2D eigenvalue weighted by Gasteiger charge is 2.34. The normalized spacial score (nSPS) is 13.2. The Bertz CT molecular complexity index is 1380. The Labute approximate surface area is 210 Å². The summed E-state index contributed by atoms with van der Waals surface area (Å²) in [6.07, 6.45) is 0. The molecule has 1 aromatic heterocycles. The molecule has 9 nitrogen and oxygen atoms in total. The topological polar surface area (TPSA) is 136 Å². The van der Waals surface area contributed by atoms with E-state index in [1.807, 2.05) is 0 Å². The first-order chi connectivity index (χ1) is 17.3. The van der Waals surface area contributed by atoms with Crippen LogP contribution >= 0.6 is 0 Å². The Kier molecular flexibility index (Phi) is 7.70. The van der Waals surface area contributed by atoms with Gasteiger partial charge in [0.15, 0.2) is 11.7 Å². The molecule has 0 bridgehead atoms. The number of aromatic nitrogens is 1. The first kappa shape index (κ1) is 25.8. The van der Waals surface area contributed by atoms with E-state index in [0.717, 1.165) is 19.6 Å². The zero-order valence-electron chi connectivity index (χ0n) is 20.3. The molecule has 36 heavy (non-hydrogen) atoms. The summed E-state index contributed by atoms with van der Waals surface area (Å²) in [7, 11) is -3.74. The van der Waals surface area contributed by atoms with Gasteiger partial charge in [-0.15, -0.1) is 0 Å². The minimum absolute atomic E-state index is 0.0583. The predicted molar refractivity (Wildman–Crippen MR) is 137 cm³/mol. The molecule has 190 valence electrons. The van der Waals surface area contributed by atoms with E-state index in [4.69, 9.17) is 10.1 Å². The van der Waals surface area contributed by atoms with Gasteiger partial charge in [-0.1, -0.05) is 50.2 Å². The summed E-state index contributed by atoms with van der Waals surface area (Å²) in [6.45, 7) is 7.79. The van der Waals surface area contributed by atoms with E-state index in [9.17, 15) is 18.3 Å². The van der Waals surface area contributed by atoms with Crippen LogP contribution in [0.15, 0.2) is 53.4 Å². The molecule has 0 atom stereocenters. The number of nitrogens with one attached hydrogen (secondary N) is 3. The molecule has 1 heterocycles. The van der Waals surface area contributed by atoms with Crippen molar-refractivity contribution in [3.8, 4) is 17.1 Å². The van der Waals surface area contributed by atoms with E-state index >= 15 is 0 Å². The van der Waals surface area contributed by atoms with Gasteiger partial charge in [-0.3, -0.25) is 10.2 Å². The van der Waals surface area contributed by atoms with Gasteiger partial charge in [-0.2, -0.15) is 0 Å². The molecular formula is C26H30N4O5S. The summed E-state index contributed by atoms with van der Waals surface area (Å²) < 4.78 is 33.4. The molecule has 1 aliphatic carbocycles. The van der Waals surface area contributed by atoms with Gasteiger partial charge >= 0.3 is 0 Å². The van der Waals surface area contributed by atoms with Crippen molar-refractivity contribution in [2.24, 2.45) is 0 Å². The van der Waals surface area contributed by atoms with E-state index in [1.54, 1.807) is 36.4 Å². The minimum Gasteiger partial charge on any atom is -0.494 e. The molecular weight excluding hydrogens is 480 g/mol. The number of fused-ring (bicyclic) bond motifs is 2. The Hall–Kier alpha value is -3.31. The van der Waals surface area contributed by atoms with Crippen LogP contribution in [0, 0.1) is 5.41 Å². The fraction of sp³-hybridized carbons (Fsp3) is 0.308. The number of aromatic hydroxyl groups is 1. The number of carbonyl (C=O) groups excluding carboxylic acids is 1. The second kappa shape index (κ2) is 10.8. The third-order valence-corrected chi connectivity index (χ3v) is 7.81. The van der Waals surface area contributed by atoms with Gasteiger partial charge in [0.25, 0.3) is 0 Å². The molecule has 0 unspecified atom stereocenters. The number of carbonyl (C=O) groups is 1. The van der Waals surface area contributed by atoms with Crippen molar-refractivity contribution in [2.75, 3.05) is 39.4 Å². The van der Waals surface area contributed by atoms with Gasteiger partial charge in [-0.25, -0.2) is 13.1 Å². The number of ketones is 1. The number of likely N-dealkylation sites (N-methyl/N-ethyl adjacent to an activating group) is 1. The molecule has 0 radical (unpaired) electrons. The number of H-pyrrole nitrogens is 1. The van der Waals surface area contributed by atoms with Crippen molar-refractivity contribution in [3.05, 3.63) is 70.8 Å². The van der Waals surface area contributed by atoms with Crippen LogP contribution < -0.4 is 4.72 Å². The van der Waals surface area contributed by atoms with Gasteiger partial charge in [0.2, 0.25) is 10.0 Å². The molecule has 1 aliphatic rings. The van der Waals surface area contributed by atoms with Crippen molar-refractivity contribution in [2.45, 2.75) is 18.7 Å². The van der Waals surface area contributed by atoms with Gasteiger partial charge in [0.1, 0.15) is 0 Å². The molecule has 0 spiro atoms. The second-order valence-electron chi connectivity index (χ2n) is 8.41.